The van der Waals surface area contributed by atoms with Gasteiger partial charge in [0.15, 0.2) is 0 Å². The standard InChI is InChI=1S/C7H10N2O2/c1-6(4-7(10)11)9-3-2-8-5-9/h2-3,5-6H,4H2,1H3,(H,10,11)/t6-/m0/s1. The van der Waals surface area contributed by atoms with E-state index < -0.39 is 5.97 Å². The zero-order valence-corrected chi connectivity index (χ0v) is 6.27. The summed E-state index contributed by atoms with van der Waals surface area (Å²) in [5.74, 6) is -0.786. The highest BCUT2D eigenvalue weighted by atomic mass is 16.4. The van der Waals surface area contributed by atoms with Gasteiger partial charge in [0.1, 0.15) is 0 Å². The molecule has 1 aromatic rings. The molecule has 1 N–H and O–H groups in total. The number of carboxylic acid groups (broad SMARTS) is 1. The first-order valence-electron chi connectivity index (χ1n) is 3.39. The molecule has 0 bridgehead atoms. The summed E-state index contributed by atoms with van der Waals surface area (Å²) in [7, 11) is 0. The van der Waals surface area contributed by atoms with Gasteiger partial charge in [-0.15, -0.1) is 0 Å². The minimum atomic E-state index is -0.786. The van der Waals surface area contributed by atoms with E-state index >= 15 is 0 Å². The number of imidazole rings is 1. The zero-order valence-electron chi connectivity index (χ0n) is 6.27. The third kappa shape index (κ3) is 2.07. The van der Waals surface area contributed by atoms with Crippen molar-refractivity contribution in [1.29, 1.82) is 0 Å². The van der Waals surface area contributed by atoms with Gasteiger partial charge in [0.25, 0.3) is 0 Å². The van der Waals surface area contributed by atoms with Crippen LogP contribution >= 0.6 is 0 Å². The van der Waals surface area contributed by atoms with Crippen LogP contribution in [0.25, 0.3) is 0 Å². The van der Waals surface area contributed by atoms with E-state index in [1.54, 1.807) is 23.3 Å². The summed E-state index contributed by atoms with van der Waals surface area (Å²) in [4.78, 5) is 14.1. The summed E-state index contributed by atoms with van der Waals surface area (Å²) in [6, 6.07) is -0.0185. The Morgan fingerprint density at radius 2 is 2.55 bits per heavy atom. The molecule has 0 aliphatic rings. The summed E-state index contributed by atoms with van der Waals surface area (Å²) < 4.78 is 1.77. The normalized spacial score (nSPS) is 12.8. The summed E-state index contributed by atoms with van der Waals surface area (Å²) >= 11 is 0. The van der Waals surface area contributed by atoms with Gasteiger partial charge in [0.05, 0.1) is 12.7 Å². The average molecular weight is 154 g/mol. The van der Waals surface area contributed by atoms with Gasteiger partial charge in [-0.25, -0.2) is 4.98 Å². The maximum absolute atomic E-state index is 10.3. The van der Waals surface area contributed by atoms with Crippen LogP contribution in [0.2, 0.25) is 0 Å². The van der Waals surface area contributed by atoms with Crippen molar-refractivity contribution in [3.63, 3.8) is 0 Å². The molecule has 1 aromatic heterocycles. The van der Waals surface area contributed by atoms with E-state index in [1.807, 2.05) is 6.92 Å². The number of rotatable bonds is 3. The van der Waals surface area contributed by atoms with Gasteiger partial charge >= 0.3 is 5.97 Å². The van der Waals surface area contributed by atoms with Gasteiger partial charge in [0, 0.05) is 18.4 Å². The Balaban J connectivity index is 2.56. The smallest absolute Gasteiger partial charge is 0.305 e. The van der Waals surface area contributed by atoms with E-state index in [1.165, 1.54) is 0 Å². The van der Waals surface area contributed by atoms with Crippen LogP contribution in [0, 0.1) is 0 Å². The minimum absolute atomic E-state index is 0.0185. The van der Waals surface area contributed by atoms with Crippen molar-refractivity contribution in [3.8, 4) is 0 Å². The van der Waals surface area contributed by atoms with Crippen LogP contribution in [0.3, 0.4) is 0 Å². The predicted octanol–water partition coefficient (Wildman–Crippen LogP) is 0.919. The lowest BCUT2D eigenvalue weighted by Crippen LogP contribution is -2.08. The molecule has 0 fully saturated rings. The van der Waals surface area contributed by atoms with Gasteiger partial charge in [-0.05, 0) is 6.92 Å². The minimum Gasteiger partial charge on any atom is -0.481 e. The first-order chi connectivity index (χ1) is 5.20. The molecule has 4 heteroatoms. The molecule has 1 heterocycles. The van der Waals surface area contributed by atoms with Crippen LogP contribution < -0.4 is 0 Å². The second-order valence-electron chi connectivity index (χ2n) is 2.46. The van der Waals surface area contributed by atoms with Crippen molar-refractivity contribution in [2.24, 2.45) is 0 Å². The maximum Gasteiger partial charge on any atom is 0.305 e. The van der Waals surface area contributed by atoms with Crippen molar-refractivity contribution in [1.82, 2.24) is 9.55 Å². The van der Waals surface area contributed by atoms with E-state index in [4.69, 9.17) is 5.11 Å². The van der Waals surface area contributed by atoms with E-state index in [0.717, 1.165) is 0 Å². The van der Waals surface area contributed by atoms with Gasteiger partial charge < -0.3 is 9.67 Å². The van der Waals surface area contributed by atoms with Crippen LogP contribution in [-0.2, 0) is 4.79 Å². The largest absolute Gasteiger partial charge is 0.481 e. The van der Waals surface area contributed by atoms with Crippen LogP contribution in [0.5, 0.6) is 0 Å². The number of aromatic nitrogens is 2. The van der Waals surface area contributed by atoms with Crippen molar-refractivity contribution in [2.75, 3.05) is 0 Å². The molecule has 0 aromatic carbocycles. The van der Waals surface area contributed by atoms with E-state index in [9.17, 15) is 4.79 Å². The van der Waals surface area contributed by atoms with Gasteiger partial charge in [0.2, 0.25) is 0 Å². The molecule has 4 nitrogen and oxygen atoms in total. The summed E-state index contributed by atoms with van der Waals surface area (Å²) in [5.41, 5.74) is 0. The Hall–Kier alpha value is -1.32. The monoisotopic (exact) mass is 154 g/mol. The Bertz CT molecular complexity index is 231. The molecule has 0 spiro atoms. The lowest BCUT2D eigenvalue weighted by atomic mass is 10.2. The summed E-state index contributed by atoms with van der Waals surface area (Å²) in [6.45, 7) is 1.84. The van der Waals surface area contributed by atoms with Crippen molar-refractivity contribution < 1.29 is 9.90 Å². The molecule has 0 saturated carbocycles. The highest BCUT2D eigenvalue weighted by Crippen LogP contribution is 2.08. The Morgan fingerprint density at radius 1 is 1.82 bits per heavy atom. The molecule has 0 aliphatic heterocycles. The average Bonchev–Trinajstić information content (AvgIpc) is 2.35. The fourth-order valence-electron chi connectivity index (χ4n) is 0.888. The maximum atomic E-state index is 10.3. The number of hydrogen-bond donors (Lipinski definition) is 1. The molecule has 0 unspecified atom stereocenters. The molecule has 0 saturated heterocycles. The van der Waals surface area contributed by atoms with Crippen LogP contribution in [0.4, 0.5) is 0 Å². The number of hydrogen-bond acceptors (Lipinski definition) is 2. The fraction of sp³-hybridized carbons (Fsp3) is 0.429. The molecular weight excluding hydrogens is 144 g/mol. The summed E-state index contributed by atoms with van der Waals surface area (Å²) in [5, 5.41) is 8.45. The number of aliphatic carboxylic acids is 1. The van der Waals surface area contributed by atoms with E-state index in [0.29, 0.717) is 0 Å². The van der Waals surface area contributed by atoms with Crippen molar-refractivity contribution >= 4 is 5.97 Å². The van der Waals surface area contributed by atoms with E-state index in [-0.39, 0.29) is 12.5 Å². The van der Waals surface area contributed by atoms with E-state index in [2.05, 4.69) is 4.98 Å². The number of carboxylic acids is 1. The predicted molar refractivity (Wildman–Crippen MR) is 39.2 cm³/mol. The van der Waals surface area contributed by atoms with Crippen LogP contribution in [0.15, 0.2) is 18.7 Å². The Labute approximate surface area is 64.5 Å². The summed E-state index contributed by atoms with van der Waals surface area (Å²) in [6.07, 6.45) is 5.15. The molecule has 0 amide bonds. The van der Waals surface area contributed by atoms with Crippen molar-refractivity contribution in [3.05, 3.63) is 18.7 Å². The molecule has 11 heavy (non-hydrogen) atoms. The van der Waals surface area contributed by atoms with Gasteiger partial charge in [-0.2, -0.15) is 0 Å². The molecular formula is C7H10N2O2. The zero-order chi connectivity index (χ0) is 8.27. The molecule has 0 aliphatic carbocycles. The van der Waals surface area contributed by atoms with Crippen molar-refractivity contribution in [2.45, 2.75) is 19.4 Å². The third-order valence-electron chi connectivity index (χ3n) is 1.50. The highest BCUT2D eigenvalue weighted by Gasteiger charge is 2.07. The number of carbonyl (C=O) groups is 1. The topological polar surface area (TPSA) is 55.1 Å². The van der Waals surface area contributed by atoms with Gasteiger partial charge in [-0.3, -0.25) is 4.79 Å². The van der Waals surface area contributed by atoms with Crippen LogP contribution in [0.1, 0.15) is 19.4 Å². The first kappa shape index (κ1) is 7.78. The Kier molecular flexibility index (Phi) is 2.25. The van der Waals surface area contributed by atoms with Gasteiger partial charge in [-0.1, -0.05) is 0 Å². The second-order valence-corrected chi connectivity index (χ2v) is 2.46. The molecule has 60 valence electrons. The lowest BCUT2D eigenvalue weighted by molar-refractivity contribution is -0.137. The lowest BCUT2D eigenvalue weighted by Gasteiger charge is -2.08. The molecule has 1 rings (SSSR count). The number of nitrogens with zero attached hydrogens (tertiary/aromatic N) is 2. The fourth-order valence-corrected chi connectivity index (χ4v) is 0.888. The van der Waals surface area contributed by atoms with Crippen LogP contribution in [-0.4, -0.2) is 20.6 Å². The SMILES string of the molecule is C[C@@H](CC(=O)O)n1ccnc1. The quantitative estimate of drug-likeness (QED) is 0.704. The Morgan fingerprint density at radius 3 is 3.00 bits per heavy atom. The molecule has 0 radical (unpaired) electrons. The molecule has 1 atom stereocenters. The second kappa shape index (κ2) is 3.18. The highest BCUT2D eigenvalue weighted by molar-refractivity contribution is 5.67. The third-order valence-corrected chi connectivity index (χ3v) is 1.50. The first-order valence-corrected chi connectivity index (χ1v) is 3.39.